The van der Waals surface area contributed by atoms with Gasteiger partial charge in [-0.05, 0) is 43.9 Å². The first kappa shape index (κ1) is 17.1. The fraction of sp³-hybridized carbons (Fsp3) is 0.533. The number of ether oxygens (including phenoxy) is 1. The molecule has 1 aliphatic rings. The van der Waals surface area contributed by atoms with Crippen LogP contribution in [-0.2, 0) is 14.6 Å². The lowest BCUT2D eigenvalue weighted by molar-refractivity contribution is 0.0526. The van der Waals surface area contributed by atoms with Crippen LogP contribution in [0, 0.1) is 5.92 Å². The highest BCUT2D eigenvalue weighted by molar-refractivity contribution is 7.91. The number of hydrogen-bond acceptors (Lipinski definition) is 5. The highest BCUT2D eigenvalue weighted by atomic mass is 35.5. The number of sulfone groups is 1. The van der Waals surface area contributed by atoms with Crippen LogP contribution in [0.5, 0.6) is 0 Å². The number of carbonyl (C=O) groups excluding carboxylic acids is 1. The first-order chi connectivity index (χ1) is 10.4. The first-order valence-electron chi connectivity index (χ1n) is 7.32. The molecule has 1 aromatic rings. The second kappa shape index (κ2) is 7.33. The first-order valence-corrected chi connectivity index (χ1v) is 9.52. The molecule has 0 radical (unpaired) electrons. The predicted molar refractivity (Wildman–Crippen MR) is 87.3 cm³/mol. The van der Waals surface area contributed by atoms with E-state index in [2.05, 4.69) is 5.32 Å². The summed E-state index contributed by atoms with van der Waals surface area (Å²) in [6.45, 7) is 2.58. The molecule has 7 heteroatoms. The Hall–Kier alpha value is -1.27. The van der Waals surface area contributed by atoms with Gasteiger partial charge in [-0.25, -0.2) is 13.2 Å². The lowest BCUT2D eigenvalue weighted by atomic mass is 10.1. The highest BCUT2D eigenvalue weighted by Crippen LogP contribution is 2.23. The molecule has 1 N–H and O–H groups in total. The van der Waals surface area contributed by atoms with Gasteiger partial charge in [-0.1, -0.05) is 11.6 Å². The summed E-state index contributed by atoms with van der Waals surface area (Å²) in [5.74, 6) is 0.146. The Morgan fingerprint density at radius 1 is 1.45 bits per heavy atom. The van der Waals surface area contributed by atoms with Crippen LogP contribution in [0.4, 0.5) is 5.69 Å². The zero-order valence-electron chi connectivity index (χ0n) is 12.5. The monoisotopic (exact) mass is 345 g/mol. The molecule has 0 spiro atoms. The number of rotatable bonds is 5. The summed E-state index contributed by atoms with van der Waals surface area (Å²) in [5, 5.41) is 3.52. The van der Waals surface area contributed by atoms with Gasteiger partial charge in [0.05, 0.1) is 28.7 Å². The smallest absolute Gasteiger partial charge is 0.339 e. The molecule has 0 aliphatic carbocycles. The van der Waals surface area contributed by atoms with E-state index in [0.29, 0.717) is 23.6 Å². The average Bonchev–Trinajstić information content (AvgIpc) is 2.45. The van der Waals surface area contributed by atoms with Gasteiger partial charge in [0.25, 0.3) is 0 Å². The maximum Gasteiger partial charge on any atom is 0.339 e. The molecule has 0 saturated carbocycles. The van der Waals surface area contributed by atoms with E-state index >= 15 is 0 Å². The summed E-state index contributed by atoms with van der Waals surface area (Å²) >= 11 is 6.01. The Labute approximate surface area is 135 Å². The highest BCUT2D eigenvalue weighted by Gasteiger charge is 2.24. The SMILES string of the molecule is CCOC(=O)c1cc(NCC2CCCS(=O)(=O)C2)ccc1Cl. The van der Waals surface area contributed by atoms with Crippen LogP contribution in [0.3, 0.4) is 0 Å². The number of nitrogens with one attached hydrogen (secondary N) is 1. The van der Waals surface area contributed by atoms with E-state index in [9.17, 15) is 13.2 Å². The summed E-state index contributed by atoms with van der Waals surface area (Å²) in [4.78, 5) is 11.8. The Bertz CT molecular complexity index is 645. The molecule has 1 atom stereocenters. The number of esters is 1. The van der Waals surface area contributed by atoms with Gasteiger partial charge in [0, 0.05) is 12.2 Å². The van der Waals surface area contributed by atoms with Crippen molar-refractivity contribution >= 4 is 33.1 Å². The van der Waals surface area contributed by atoms with Gasteiger partial charge in [0.15, 0.2) is 9.84 Å². The summed E-state index contributed by atoms with van der Waals surface area (Å²) in [6.07, 6.45) is 1.61. The van der Waals surface area contributed by atoms with Crippen LogP contribution in [0.15, 0.2) is 18.2 Å². The van der Waals surface area contributed by atoms with Crippen molar-refractivity contribution in [3.8, 4) is 0 Å². The standard InChI is InChI=1S/C15H20ClNO4S/c1-2-21-15(18)13-8-12(5-6-14(13)16)17-9-11-4-3-7-22(19,20)10-11/h5-6,8,11,17H,2-4,7,9-10H2,1H3. The molecule has 22 heavy (non-hydrogen) atoms. The third-order valence-electron chi connectivity index (χ3n) is 3.61. The molecule has 0 bridgehead atoms. The second-order valence-electron chi connectivity index (χ2n) is 5.42. The summed E-state index contributed by atoms with van der Waals surface area (Å²) in [6, 6.07) is 5.04. The largest absolute Gasteiger partial charge is 0.462 e. The Morgan fingerprint density at radius 2 is 2.23 bits per heavy atom. The molecule has 1 aliphatic heterocycles. The van der Waals surface area contributed by atoms with E-state index in [1.807, 2.05) is 0 Å². The van der Waals surface area contributed by atoms with Crippen molar-refractivity contribution in [1.82, 2.24) is 0 Å². The maximum atomic E-state index is 11.8. The number of carbonyl (C=O) groups is 1. The van der Waals surface area contributed by atoms with Gasteiger partial charge in [0.2, 0.25) is 0 Å². The third kappa shape index (κ3) is 4.61. The zero-order chi connectivity index (χ0) is 16.2. The van der Waals surface area contributed by atoms with E-state index in [0.717, 1.165) is 12.1 Å². The van der Waals surface area contributed by atoms with Gasteiger partial charge in [-0.3, -0.25) is 0 Å². The molecule has 0 amide bonds. The van der Waals surface area contributed by atoms with Crippen molar-refractivity contribution in [3.63, 3.8) is 0 Å². The summed E-state index contributed by atoms with van der Waals surface area (Å²) in [5.41, 5.74) is 1.04. The van der Waals surface area contributed by atoms with Crippen molar-refractivity contribution < 1.29 is 17.9 Å². The van der Waals surface area contributed by atoms with Crippen LogP contribution in [0.2, 0.25) is 5.02 Å². The van der Waals surface area contributed by atoms with E-state index in [1.54, 1.807) is 25.1 Å². The molecular formula is C15H20ClNO4S. The number of anilines is 1. The molecule has 1 saturated heterocycles. The quantitative estimate of drug-likeness (QED) is 0.831. The Kier molecular flexibility index (Phi) is 5.69. The Morgan fingerprint density at radius 3 is 2.91 bits per heavy atom. The van der Waals surface area contributed by atoms with Crippen molar-refractivity contribution in [1.29, 1.82) is 0 Å². The number of halogens is 1. The fourth-order valence-electron chi connectivity index (χ4n) is 2.54. The maximum absolute atomic E-state index is 11.8. The van der Waals surface area contributed by atoms with Crippen molar-refractivity contribution in [2.45, 2.75) is 19.8 Å². The van der Waals surface area contributed by atoms with Crippen LogP contribution >= 0.6 is 11.6 Å². The topological polar surface area (TPSA) is 72.5 Å². The summed E-state index contributed by atoms with van der Waals surface area (Å²) in [7, 11) is -2.91. The lowest BCUT2D eigenvalue weighted by Gasteiger charge is -2.22. The number of benzene rings is 1. The molecule has 1 fully saturated rings. The second-order valence-corrected chi connectivity index (χ2v) is 8.05. The molecular weight excluding hydrogens is 326 g/mol. The average molecular weight is 346 g/mol. The normalized spacial score (nSPS) is 20.4. The van der Waals surface area contributed by atoms with Crippen molar-refractivity contribution in [3.05, 3.63) is 28.8 Å². The third-order valence-corrected chi connectivity index (χ3v) is 5.83. The molecule has 122 valence electrons. The molecule has 0 aromatic heterocycles. The van der Waals surface area contributed by atoms with E-state index in [-0.39, 0.29) is 24.0 Å². The molecule has 1 heterocycles. The van der Waals surface area contributed by atoms with E-state index < -0.39 is 15.8 Å². The molecule has 2 rings (SSSR count). The van der Waals surface area contributed by atoms with Crippen molar-refractivity contribution in [2.75, 3.05) is 30.0 Å². The Balaban J connectivity index is 2.01. The predicted octanol–water partition coefficient (Wildman–Crippen LogP) is 2.75. The fourth-order valence-corrected chi connectivity index (χ4v) is 4.51. The van der Waals surface area contributed by atoms with Crippen LogP contribution in [-0.4, -0.2) is 39.0 Å². The van der Waals surface area contributed by atoms with E-state index in [1.165, 1.54) is 0 Å². The zero-order valence-corrected chi connectivity index (χ0v) is 14.0. The minimum atomic E-state index is -2.91. The summed E-state index contributed by atoms with van der Waals surface area (Å²) < 4.78 is 28.2. The van der Waals surface area contributed by atoms with Crippen LogP contribution in [0.25, 0.3) is 0 Å². The molecule has 1 unspecified atom stereocenters. The van der Waals surface area contributed by atoms with Gasteiger partial charge in [0.1, 0.15) is 0 Å². The van der Waals surface area contributed by atoms with Crippen LogP contribution in [0.1, 0.15) is 30.1 Å². The van der Waals surface area contributed by atoms with Gasteiger partial charge >= 0.3 is 5.97 Å². The van der Waals surface area contributed by atoms with Gasteiger partial charge in [-0.15, -0.1) is 0 Å². The van der Waals surface area contributed by atoms with Gasteiger partial charge in [-0.2, -0.15) is 0 Å². The minimum absolute atomic E-state index is 0.0977. The minimum Gasteiger partial charge on any atom is -0.462 e. The van der Waals surface area contributed by atoms with Crippen molar-refractivity contribution in [2.24, 2.45) is 5.92 Å². The number of hydrogen-bond donors (Lipinski definition) is 1. The molecule has 5 nitrogen and oxygen atoms in total. The molecule has 1 aromatic carbocycles. The lowest BCUT2D eigenvalue weighted by Crippen LogP contribution is -2.29. The van der Waals surface area contributed by atoms with Crippen LogP contribution < -0.4 is 5.32 Å². The van der Waals surface area contributed by atoms with E-state index in [4.69, 9.17) is 16.3 Å². The van der Waals surface area contributed by atoms with Gasteiger partial charge < -0.3 is 10.1 Å².